The molecule has 0 amide bonds. The Labute approximate surface area is 155 Å². The Bertz CT molecular complexity index is 235. The molecule has 24 heavy (non-hydrogen) atoms. The molecule has 0 aromatic rings. The fourth-order valence-electron chi connectivity index (χ4n) is 3.37. The minimum Gasteiger partial charge on any atom is -0.0654 e. The van der Waals surface area contributed by atoms with Crippen LogP contribution in [0.1, 0.15) is 137 Å². The molecule has 0 saturated carbocycles. The van der Waals surface area contributed by atoms with Crippen molar-refractivity contribution in [3.8, 4) is 0 Å². The van der Waals surface area contributed by atoms with Gasteiger partial charge in [0.1, 0.15) is 0 Å². The van der Waals surface area contributed by atoms with Gasteiger partial charge in [-0.15, -0.1) is 0 Å². The topological polar surface area (TPSA) is 0 Å². The van der Waals surface area contributed by atoms with Crippen LogP contribution in [0, 0.1) is 18.3 Å². The molecule has 0 saturated heterocycles. The lowest BCUT2D eigenvalue weighted by Crippen LogP contribution is -2.17. The van der Waals surface area contributed by atoms with E-state index in [4.69, 9.17) is 0 Å². The highest BCUT2D eigenvalue weighted by atomic mass is 14.2. The molecule has 145 valence electrons. The minimum atomic E-state index is 0.384. The fraction of sp³-hybridized carbons (Fsp3) is 0.958. The lowest BCUT2D eigenvalue weighted by molar-refractivity contribution is 0.268. The van der Waals surface area contributed by atoms with Crippen LogP contribution in [0.3, 0.4) is 0 Å². The van der Waals surface area contributed by atoms with Gasteiger partial charge in [-0.05, 0) is 24.7 Å². The third kappa shape index (κ3) is 16.8. The summed E-state index contributed by atoms with van der Waals surface area (Å²) in [4.78, 5) is 0. The molecule has 0 aromatic carbocycles. The summed E-state index contributed by atoms with van der Waals surface area (Å²) >= 11 is 0. The number of hydrogen-bond donors (Lipinski definition) is 0. The highest BCUT2D eigenvalue weighted by Crippen LogP contribution is 2.29. The predicted octanol–water partition coefficient (Wildman–Crippen LogP) is 9.13. The van der Waals surface area contributed by atoms with Gasteiger partial charge in [-0.3, -0.25) is 0 Å². The second kappa shape index (κ2) is 16.5. The zero-order valence-corrected chi connectivity index (χ0v) is 17.8. The van der Waals surface area contributed by atoms with Gasteiger partial charge in [-0.25, -0.2) is 0 Å². The maximum Gasteiger partial charge on any atom is -0.0354 e. The monoisotopic (exact) mass is 337 g/mol. The van der Waals surface area contributed by atoms with E-state index in [-0.39, 0.29) is 0 Å². The Hall–Kier alpha value is 0. The summed E-state index contributed by atoms with van der Waals surface area (Å²) in [5.41, 5.74) is 0.384. The smallest absolute Gasteiger partial charge is 0.0354 e. The van der Waals surface area contributed by atoms with Gasteiger partial charge in [0.25, 0.3) is 0 Å². The van der Waals surface area contributed by atoms with Gasteiger partial charge in [0.15, 0.2) is 0 Å². The molecule has 0 N–H and O–H groups in total. The van der Waals surface area contributed by atoms with E-state index >= 15 is 0 Å². The largest absolute Gasteiger partial charge is 0.0654 e. The molecule has 0 nitrogen and oxygen atoms in total. The van der Waals surface area contributed by atoms with E-state index < -0.39 is 0 Å². The summed E-state index contributed by atoms with van der Waals surface area (Å²) in [5, 5.41) is 0. The van der Waals surface area contributed by atoms with Crippen molar-refractivity contribution in [1.29, 1.82) is 0 Å². The summed E-state index contributed by atoms with van der Waals surface area (Å²) in [6.07, 6.45) is 24.5. The zero-order chi connectivity index (χ0) is 18.1. The summed E-state index contributed by atoms with van der Waals surface area (Å²) in [7, 11) is 0. The maximum absolute atomic E-state index is 4.32. The summed E-state index contributed by atoms with van der Waals surface area (Å²) < 4.78 is 0. The zero-order valence-electron chi connectivity index (χ0n) is 17.8. The van der Waals surface area contributed by atoms with Crippen LogP contribution in [-0.4, -0.2) is 0 Å². The van der Waals surface area contributed by atoms with Gasteiger partial charge in [0.2, 0.25) is 0 Å². The van der Waals surface area contributed by atoms with Crippen molar-refractivity contribution in [3.63, 3.8) is 0 Å². The van der Waals surface area contributed by atoms with Crippen molar-refractivity contribution >= 4 is 0 Å². The van der Waals surface area contributed by atoms with Gasteiger partial charge in [-0.1, -0.05) is 130 Å². The first-order valence-corrected chi connectivity index (χ1v) is 11.3. The lowest BCUT2D eigenvalue weighted by atomic mass is 9.79. The molecule has 0 bridgehead atoms. The standard InChI is InChI=1S/C24H49/c1-6-7-8-9-10-11-12-13-14-15-16-17-18-19-20-21-22-23(2)24(3,4)5/h23H,2,6-22H2,1,3-5H3. The predicted molar refractivity (Wildman–Crippen MR) is 112 cm³/mol. The molecule has 0 aromatic heterocycles. The molecule has 0 aliphatic heterocycles. The summed E-state index contributed by atoms with van der Waals surface area (Å²) in [6.45, 7) is 13.6. The van der Waals surface area contributed by atoms with Crippen LogP contribution in [0.2, 0.25) is 0 Å². The SMILES string of the molecule is [CH2]C(CCCCCCCCCCCCCCCCCC)C(C)(C)C. The second-order valence-electron chi connectivity index (χ2n) is 9.15. The summed E-state index contributed by atoms with van der Waals surface area (Å²) in [5.74, 6) is 0.615. The van der Waals surface area contributed by atoms with E-state index in [0.717, 1.165) is 0 Å². The number of hydrogen-bond acceptors (Lipinski definition) is 0. The Morgan fingerprint density at radius 2 is 0.833 bits per heavy atom. The molecule has 0 heteroatoms. The molecular weight excluding hydrogens is 288 g/mol. The quantitative estimate of drug-likeness (QED) is 0.232. The first kappa shape index (κ1) is 24.0. The Morgan fingerprint density at radius 1 is 0.542 bits per heavy atom. The van der Waals surface area contributed by atoms with Crippen molar-refractivity contribution in [2.24, 2.45) is 11.3 Å². The number of rotatable bonds is 17. The molecule has 1 atom stereocenters. The van der Waals surface area contributed by atoms with Crippen molar-refractivity contribution in [2.45, 2.75) is 137 Å². The van der Waals surface area contributed by atoms with Crippen LogP contribution in [0.5, 0.6) is 0 Å². The van der Waals surface area contributed by atoms with Crippen molar-refractivity contribution < 1.29 is 0 Å². The van der Waals surface area contributed by atoms with Crippen LogP contribution in [-0.2, 0) is 0 Å². The Morgan fingerprint density at radius 3 is 1.12 bits per heavy atom. The van der Waals surface area contributed by atoms with Crippen LogP contribution in [0.4, 0.5) is 0 Å². The third-order valence-electron chi connectivity index (χ3n) is 5.63. The van der Waals surface area contributed by atoms with E-state index in [2.05, 4.69) is 34.6 Å². The third-order valence-corrected chi connectivity index (χ3v) is 5.63. The molecule has 0 heterocycles. The van der Waals surface area contributed by atoms with Crippen molar-refractivity contribution in [1.82, 2.24) is 0 Å². The van der Waals surface area contributed by atoms with Gasteiger partial charge in [0.05, 0.1) is 0 Å². The second-order valence-corrected chi connectivity index (χ2v) is 9.15. The average molecular weight is 338 g/mol. The van der Waals surface area contributed by atoms with Crippen LogP contribution < -0.4 is 0 Å². The molecule has 0 rings (SSSR count). The molecule has 0 spiro atoms. The molecule has 1 radical (unpaired) electrons. The molecular formula is C24H49. The Kier molecular flexibility index (Phi) is 16.5. The van der Waals surface area contributed by atoms with Crippen LogP contribution in [0.15, 0.2) is 0 Å². The van der Waals surface area contributed by atoms with Crippen molar-refractivity contribution in [3.05, 3.63) is 6.92 Å². The average Bonchev–Trinajstić information content (AvgIpc) is 2.53. The first-order valence-electron chi connectivity index (χ1n) is 11.3. The molecule has 0 fully saturated rings. The molecule has 1 unspecified atom stereocenters. The fourth-order valence-corrected chi connectivity index (χ4v) is 3.37. The van der Waals surface area contributed by atoms with E-state index in [0.29, 0.717) is 11.3 Å². The Balaban J connectivity index is 3.10. The van der Waals surface area contributed by atoms with E-state index in [1.54, 1.807) is 0 Å². The van der Waals surface area contributed by atoms with Gasteiger partial charge < -0.3 is 0 Å². The normalized spacial score (nSPS) is 13.4. The van der Waals surface area contributed by atoms with Crippen LogP contribution >= 0.6 is 0 Å². The van der Waals surface area contributed by atoms with Gasteiger partial charge >= 0.3 is 0 Å². The number of unbranched alkanes of at least 4 members (excludes halogenated alkanes) is 15. The van der Waals surface area contributed by atoms with E-state index in [1.165, 1.54) is 109 Å². The highest BCUT2D eigenvalue weighted by Gasteiger charge is 2.18. The van der Waals surface area contributed by atoms with Gasteiger partial charge in [0, 0.05) is 0 Å². The molecule has 0 aliphatic rings. The minimum absolute atomic E-state index is 0.384. The van der Waals surface area contributed by atoms with Crippen molar-refractivity contribution in [2.75, 3.05) is 0 Å². The van der Waals surface area contributed by atoms with Crippen LogP contribution in [0.25, 0.3) is 0 Å². The van der Waals surface area contributed by atoms with E-state index in [1.807, 2.05) is 0 Å². The maximum atomic E-state index is 4.32. The van der Waals surface area contributed by atoms with E-state index in [9.17, 15) is 0 Å². The highest BCUT2D eigenvalue weighted by molar-refractivity contribution is 4.75. The van der Waals surface area contributed by atoms with Gasteiger partial charge in [-0.2, -0.15) is 0 Å². The first-order chi connectivity index (χ1) is 11.5. The summed E-state index contributed by atoms with van der Waals surface area (Å²) in [6, 6.07) is 0. The lowest BCUT2D eigenvalue weighted by Gasteiger charge is -2.27. The molecule has 0 aliphatic carbocycles.